The van der Waals surface area contributed by atoms with Gasteiger partial charge >= 0.3 is 5.97 Å². The van der Waals surface area contributed by atoms with Gasteiger partial charge in [0.1, 0.15) is 5.56 Å². The Hall–Kier alpha value is -1.41. The number of hydrogen-bond donors (Lipinski definition) is 2. The molecule has 2 aromatic rings. The normalized spacial score (nSPS) is 10.4. The Labute approximate surface area is 118 Å². The first-order valence-electron chi connectivity index (χ1n) is 5.40. The summed E-state index contributed by atoms with van der Waals surface area (Å²) in [6, 6.07) is 5.70. The predicted octanol–water partition coefficient (Wildman–Crippen LogP) is 2.30. The smallest absolute Gasteiger partial charge is 0.341 e. The van der Waals surface area contributed by atoms with Gasteiger partial charge < -0.3 is 10.2 Å². The summed E-state index contributed by atoms with van der Waals surface area (Å²) < 4.78 is 5.97. The standard InChI is InChI=1S/C12H12IN3O2/c1-2-18-12(17)8-6-15-11-7(10(8)16-14)4-3-5-9(11)13/h3-6H,2,14H2,1H3,(H,15,16). The number of rotatable bonds is 3. The van der Waals surface area contributed by atoms with Gasteiger partial charge in [0.05, 0.1) is 17.8 Å². The van der Waals surface area contributed by atoms with Crippen molar-refractivity contribution in [3.8, 4) is 0 Å². The topological polar surface area (TPSA) is 77.2 Å². The van der Waals surface area contributed by atoms with Crippen LogP contribution in [0.2, 0.25) is 0 Å². The SMILES string of the molecule is CCOC(=O)c1cnc2c(I)cccc2c1NN. The number of ether oxygens (including phenoxy) is 1. The van der Waals surface area contributed by atoms with Crippen LogP contribution >= 0.6 is 22.6 Å². The Balaban J connectivity index is 2.67. The number of aromatic nitrogens is 1. The highest BCUT2D eigenvalue weighted by Crippen LogP contribution is 2.28. The molecule has 2 rings (SSSR count). The summed E-state index contributed by atoms with van der Waals surface area (Å²) in [5.41, 5.74) is 4.25. The molecule has 0 radical (unpaired) electrons. The van der Waals surface area contributed by atoms with Gasteiger partial charge in [-0.25, -0.2) is 4.79 Å². The van der Waals surface area contributed by atoms with Gasteiger partial charge in [0.2, 0.25) is 0 Å². The molecule has 0 spiro atoms. The van der Waals surface area contributed by atoms with Gasteiger partial charge in [-0.1, -0.05) is 12.1 Å². The largest absolute Gasteiger partial charge is 0.462 e. The molecule has 0 atom stereocenters. The summed E-state index contributed by atoms with van der Waals surface area (Å²) in [6.07, 6.45) is 1.48. The van der Waals surface area contributed by atoms with Gasteiger partial charge in [0.25, 0.3) is 0 Å². The van der Waals surface area contributed by atoms with Crippen molar-refractivity contribution < 1.29 is 9.53 Å². The minimum atomic E-state index is -0.432. The number of esters is 1. The highest BCUT2D eigenvalue weighted by Gasteiger charge is 2.16. The highest BCUT2D eigenvalue weighted by atomic mass is 127. The van der Waals surface area contributed by atoms with Crippen LogP contribution in [0, 0.1) is 3.57 Å². The first kappa shape index (κ1) is 13.0. The van der Waals surface area contributed by atoms with E-state index in [1.807, 2.05) is 18.2 Å². The summed E-state index contributed by atoms with van der Waals surface area (Å²) in [5, 5.41) is 0.801. The lowest BCUT2D eigenvalue weighted by Crippen LogP contribution is -2.15. The molecular formula is C12H12IN3O2. The zero-order valence-electron chi connectivity index (χ0n) is 9.74. The second-order valence-corrected chi connectivity index (χ2v) is 4.71. The third kappa shape index (κ3) is 2.25. The highest BCUT2D eigenvalue weighted by molar-refractivity contribution is 14.1. The number of fused-ring (bicyclic) bond motifs is 1. The fraction of sp³-hybridized carbons (Fsp3) is 0.167. The predicted molar refractivity (Wildman–Crippen MR) is 78.2 cm³/mol. The number of nitrogen functional groups attached to an aromatic ring is 1. The van der Waals surface area contributed by atoms with Crippen LogP contribution in [0.5, 0.6) is 0 Å². The molecule has 0 aliphatic carbocycles. The molecule has 0 saturated carbocycles. The second kappa shape index (κ2) is 5.49. The number of carbonyl (C=O) groups excluding carboxylic acids is 1. The van der Waals surface area contributed by atoms with Crippen LogP contribution in [0.4, 0.5) is 5.69 Å². The van der Waals surface area contributed by atoms with Gasteiger partial charge in [-0.15, -0.1) is 0 Å². The van der Waals surface area contributed by atoms with Crippen LogP contribution in [0.3, 0.4) is 0 Å². The fourth-order valence-corrected chi connectivity index (χ4v) is 2.34. The third-order valence-corrected chi connectivity index (χ3v) is 3.36. The lowest BCUT2D eigenvalue weighted by atomic mass is 10.1. The molecule has 94 valence electrons. The Bertz CT molecular complexity index is 601. The molecule has 3 N–H and O–H groups in total. The van der Waals surface area contributed by atoms with Gasteiger partial charge in [-0.2, -0.15) is 0 Å². The summed E-state index contributed by atoms with van der Waals surface area (Å²) >= 11 is 2.19. The Kier molecular flexibility index (Phi) is 3.97. The Morgan fingerprint density at radius 3 is 3.00 bits per heavy atom. The third-order valence-electron chi connectivity index (χ3n) is 2.49. The van der Waals surface area contributed by atoms with Crippen molar-refractivity contribution in [1.29, 1.82) is 0 Å². The van der Waals surface area contributed by atoms with Crippen molar-refractivity contribution in [3.63, 3.8) is 0 Å². The average Bonchev–Trinajstić information content (AvgIpc) is 2.38. The molecule has 0 unspecified atom stereocenters. The minimum Gasteiger partial charge on any atom is -0.462 e. The van der Waals surface area contributed by atoms with Crippen LogP contribution in [-0.4, -0.2) is 17.6 Å². The Morgan fingerprint density at radius 1 is 1.56 bits per heavy atom. The number of hydrogen-bond acceptors (Lipinski definition) is 5. The van der Waals surface area contributed by atoms with Gasteiger partial charge in [0.15, 0.2) is 0 Å². The van der Waals surface area contributed by atoms with Gasteiger partial charge in [-0.05, 0) is 35.6 Å². The maximum absolute atomic E-state index is 11.8. The Morgan fingerprint density at radius 2 is 2.33 bits per heavy atom. The lowest BCUT2D eigenvalue weighted by molar-refractivity contribution is 0.0527. The van der Waals surface area contributed by atoms with E-state index in [4.69, 9.17) is 10.6 Å². The second-order valence-electron chi connectivity index (χ2n) is 3.55. The van der Waals surface area contributed by atoms with Crippen LogP contribution in [0.25, 0.3) is 10.9 Å². The fourth-order valence-electron chi connectivity index (χ4n) is 1.71. The number of nitrogens with zero attached hydrogens (tertiary/aromatic N) is 1. The van der Waals surface area contributed by atoms with Gasteiger partial charge in [0, 0.05) is 15.2 Å². The van der Waals surface area contributed by atoms with E-state index in [9.17, 15) is 4.79 Å². The molecule has 1 aromatic carbocycles. The number of pyridine rings is 1. The molecule has 0 fully saturated rings. The van der Waals surface area contributed by atoms with E-state index in [1.54, 1.807) is 6.92 Å². The molecule has 1 aromatic heterocycles. The first-order valence-corrected chi connectivity index (χ1v) is 6.47. The zero-order chi connectivity index (χ0) is 13.1. The monoisotopic (exact) mass is 357 g/mol. The maximum Gasteiger partial charge on any atom is 0.341 e. The number of nitrogens with one attached hydrogen (secondary N) is 1. The quantitative estimate of drug-likeness (QED) is 0.382. The van der Waals surface area contributed by atoms with E-state index < -0.39 is 5.97 Å². The number of hydrazine groups is 1. The number of carbonyl (C=O) groups is 1. The lowest BCUT2D eigenvalue weighted by Gasteiger charge is -2.11. The van der Waals surface area contributed by atoms with E-state index in [0.717, 1.165) is 14.5 Å². The van der Waals surface area contributed by atoms with Crippen LogP contribution in [0.1, 0.15) is 17.3 Å². The molecule has 6 heteroatoms. The summed E-state index contributed by atoms with van der Waals surface area (Å²) in [4.78, 5) is 16.1. The van der Waals surface area contributed by atoms with Crippen molar-refractivity contribution in [1.82, 2.24) is 4.98 Å². The van der Waals surface area contributed by atoms with Crippen LogP contribution < -0.4 is 11.3 Å². The molecular weight excluding hydrogens is 345 g/mol. The maximum atomic E-state index is 11.8. The molecule has 0 saturated heterocycles. The van der Waals surface area contributed by atoms with Crippen molar-refractivity contribution in [3.05, 3.63) is 33.5 Å². The number of halogens is 1. The zero-order valence-corrected chi connectivity index (χ0v) is 11.9. The first-order chi connectivity index (χ1) is 8.69. The van der Waals surface area contributed by atoms with Crippen molar-refractivity contribution in [2.45, 2.75) is 6.92 Å². The van der Waals surface area contributed by atoms with E-state index in [0.29, 0.717) is 17.9 Å². The number of nitrogens with two attached hydrogens (primary N) is 1. The molecule has 0 aliphatic rings. The van der Waals surface area contributed by atoms with E-state index in [-0.39, 0.29) is 0 Å². The van der Waals surface area contributed by atoms with E-state index in [2.05, 4.69) is 33.0 Å². The van der Waals surface area contributed by atoms with Crippen LogP contribution in [0.15, 0.2) is 24.4 Å². The molecule has 1 heterocycles. The summed E-state index contributed by atoms with van der Waals surface area (Å²) in [6.45, 7) is 2.07. The molecule has 18 heavy (non-hydrogen) atoms. The van der Waals surface area contributed by atoms with E-state index >= 15 is 0 Å². The van der Waals surface area contributed by atoms with Crippen molar-refractivity contribution >= 4 is 45.2 Å². The van der Waals surface area contributed by atoms with Crippen molar-refractivity contribution in [2.75, 3.05) is 12.0 Å². The number of para-hydroxylation sites is 1. The minimum absolute atomic E-state index is 0.313. The van der Waals surface area contributed by atoms with Crippen molar-refractivity contribution in [2.24, 2.45) is 5.84 Å². The molecule has 0 amide bonds. The molecule has 0 aliphatic heterocycles. The number of benzene rings is 1. The van der Waals surface area contributed by atoms with Gasteiger partial charge in [-0.3, -0.25) is 10.8 Å². The van der Waals surface area contributed by atoms with E-state index in [1.165, 1.54) is 6.20 Å². The average molecular weight is 357 g/mol. The molecule has 0 bridgehead atoms. The summed E-state index contributed by atoms with van der Waals surface area (Å²) in [7, 11) is 0. The molecule has 5 nitrogen and oxygen atoms in total. The number of anilines is 1. The van der Waals surface area contributed by atoms with Crippen LogP contribution in [-0.2, 0) is 4.74 Å². The summed E-state index contributed by atoms with van der Waals surface area (Å²) in [5.74, 6) is 5.08.